The van der Waals surface area contributed by atoms with E-state index in [-0.39, 0.29) is 4.83 Å². The topological polar surface area (TPSA) is 9.23 Å². The Morgan fingerprint density at radius 2 is 2.28 bits per heavy atom. The maximum absolute atomic E-state index is 6.20. The average Bonchev–Trinajstić information content (AvgIpc) is 2.95. The molecular weight excluding hydrogens is 332 g/mol. The summed E-state index contributed by atoms with van der Waals surface area (Å²) >= 11 is 11.7. The normalized spacial score (nSPS) is 15.3. The van der Waals surface area contributed by atoms with Gasteiger partial charge in [-0.05, 0) is 41.6 Å². The first-order valence-electron chi connectivity index (χ1n) is 5.80. The quantitative estimate of drug-likeness (QED) is 0.687. The van der Waals surface area contributed by atoms with Crippen LogP contribution in [-0.4, -0.2) is 6.61 Å². The van der Waals surface area contributed by atoms with Crippen molar-refractivity contribution in [1.82, 2.24) is 0 Å². The number of halogens is 2. The van der Waals surface area contributed by atoms with Crippen LogP contribution in [0.3, 0.4) is 0 Å². The van der Waals surface area contributed by atoms with Gasteiger partial charge in [0.1, 0.15) is 5.75 Å². The second-order valence-corrected chi connectivity index (χ2v) is 6.71. The van der Waals surface area contributed by atoms with Crippen LogP contribution >= 0.6 is 38.9 Å². The smallest absolute Gasteiger partial charge is 0.127 e. The van der Waals surface area contributed by atoms with Crippen LogP contribution in [0.4, 0.5) is 0 Å². The minimum Gasteiger partial charge on any atom is -0.493 e. The highest BCUT2D eigenvalue weighted by molar-refractivity contribution is 9.09. The third kappa shape index (κ3) is 2.09. The van der Waals surface area contributed by atoms with Crippen molar-refractivity contribution in [2.24, 2.45) is 0 Å². The molecule has 94 valence electrons. The first-order chi connectivity index (χ1) is 8.66. The van der Waals surface area contributed by atoms with E-state index in [9.17, 15) is 0 Å². The minimum atomic E-state index is 0.156. The third-order valence-corrected chi connectivity index (χ3v) is 5.74. The fourth-order valence-corrected chi connectivity index (χ4v) is 4.46. The van der Waals surface area contributed by atoms with Crippen molar-refractivity contribution < 1.29 is 4.74 Å². The number of aryl methyl sites for hydroxylation is 1. The molecule has 0 amide bonds. The number of hydrogen-bond acceptors (Lipinski definition) is 2. The maximum Gasteiger partial charge on any atom is 0.127 e. The van der Waals surface area contributed by atoms with Gasteiger partial charge in [0.05, 0.1) is 11.4 Å². The Morgan fingerprint density at radius 3 is 3.00 bits per heavy atom. The Hall–Kier alpha value is -0.510. The van der Waals surface area contributed by atoms with Gasteiger partial charge in [-0.2, -0.15) is 0 Å². The summed E-state index contributed by atoms with van der Waals surface area (Å²) in [4.78, 5) is 1.47. The van der Waals surface area contributed by atoms with E-state index in [1.165, 1.54) is 16.0 Å². The molecule has 0 N–H and O–H groups in total. The molecular formula is C14H12BrClOS. The molecule has 1 aromatic heterocycles. The van der Waals surface area contributed by atoms with E-state index in [4.69, 9.17) is 16.3 Å². The fourth-order valence-electron chi connectivity index (χ4n) is 2.27. The van der Waals surface area contributed by atoms with Crippen LogP contribution in [0.5, 0.6) is 5.75 Å². The number of hydrogen-bond donors (Lipinski definition) is 0. The zero-order valence-corrected chi connectivity index (χ0v) is 13.0. The predicted molar refractivity (Wildman–Crippen MR) is 80.5 cm³/mol. The van der Waals surface area contributed by atoms with Crippen molar-refractivity contribution >= 4 is 38.9 Å². The van der Waals surface area contributed by atoms with E-state index < -0.39 is 0 Å². The summed E-state index contributed by atoms with van der Waals surface area (Å²) in [7, 11) is 0. The minimum absolute atomic E-state index is 0.156. The van der Waals surface area contributed by atoms with Gasteiger partial charge in [0, 0.05) is 21.9 Å². The van der Waals surface area contributed by atoms with Crippen LogP contribution < -0.4 is 4.74 Å². The molecule has 1 aliphatic rings. The Balaban J connectivity index is 2.10. The first kappa shape index (κ1) is 12.5. The lowest BCUT2D eigenvalue weighted by Crippen LogP contribution is -1.96. The van der Waals surface area contributed by atoms with Crippen LogP contribution in [0.15, 0.2) is 23.6 Å². The Labute approximate surface area is 124 Å². The molecule has 4 heteroatoms. The monoisotopic (exact) mass is 342 g/mol. The van der Waals surface area contributed by atoms with Gasteiger partial charge < -0.3 is 4.74 Å². The molecule has 1 atom stereocenters. The van der Waals surface area contributed by atoms with Gasteiger partial charge in [-0.15, -0.1) is 11.3 Å². The molecule has 1 unspecified atom stereocenters. The fraction of sp³-hybridized carbons (Fsp3) is 0.286. The molecule has 0 bridgehead atoms. The van der Waals surface area contributed by atoms with E-state index in [1.807, 2.05) is 12.1 Å². The Kier molecular flexibility index (Phi) is 3.39. The summed E-state index contributed by atoms with van der Waals surface area (Å²) in [6, 6.07) is 6.15. The second kappa shape index (κ2) is 4.87. The van der Waals surface area contributed by atoms with E-state index in [0.717, 1.165) is 29.4 Å². The number of fused-ring (bicyclic) bond motifs is 1. The predicted octanol–water partition coefficient (Wildman–Crippen LogP) is 5.13. The summed E-state index contributed by atoms with van der Waals surface area (Å²) < 4.78 is 5.76. The molecule has 0 aliphatic carbocycles. The van der Waals surface area contributed by atoms with Crippen molar-refractivity contribution in [3.63, 3.8) is 0 Å². The van der Waals surface area contributed by atoms with Crippen molar-refractivity contribution in [2.75, 3.05) is 6.61 Å². The highest BCUT2D eigenvalue weighted by Crippen LogP contribution is 2.44. The van der Waals surface area contributed by atoms with Crippen molar-refractivity contribution in [1.29, 1.82) is 0 Å². The molecule has 3 rings (SSSR count). The molecule has 1 nitrogen and oxygen atoms in total. The molecule has 0 radical (unpaired) electrons. The number of rotatable bonds is 2. The van der Waals surface area contributed by atoms with Crippen LogP contribution in [-0.2, 0) is 6.42 Å². The molecule has 0 saturated carbocycles. The van der Waals surface area contributed by atoms with Gasteiger partial charge in [0.15, 0.2) is 0 Å². The number of alkyl halides is 1. The largest absolute Gasteiger partial charge is 0.493 e. The second-order valence-electron chi connectivity index (χ2n) is 4.41. The molecule has 1 aromatic carbocycles. The SMILES string of the molecule is Cc1ccsc1C(Br)c1cc(Cl)cc2c1OCC2. The average molecular weight is 344 g/mol. The molecule has 0 spiro atoms. The van der Waals surface area contributed by atoms with Crippen LogP contribution in [0.25, 0.3) is 0 Å². The Bertz CT molecular complexity index is 593. The lowest BCUT2D eigenvalue weighted by molar-refractivity contribution is 0.354. The summed E-state index contributed by atoms with van der Waals surface area (Å²) in [5, 5.41) is 2.90. The van der Waals surface area contributed by atoms with Crippen molar-refractivity contribution in [3.8, 4) is 5.75 Å². The number of ether oxygens (including phenoxy) is 1. The number of thiophene rings is 1. The third-order valence-electron chi connectivity index (χ3n) is 3.18. The van der Waals surface area contributed by atoms with Gasteiger partial charge >= 0.3 is 0 Å². The molecule has 2 heterocycles. The Morgan fingerprint density at radius 1 is 1.44 bits per heavy atom. The summed E-state index contributed by atoms with van der Waals surface area (Å²) in [6.07, 6.45) is 0.950. The first-order valence-corrected chi connectivity index (χ1v) is 7.97. The number of benzene rings is 1. The van der Waals surface area contributed by atoms with Gasteiger partial charge in [-0.1, -0.05) is 27.5 Å². The summed E-state index contributed by atoms with van der Waals surface area (Å²) in [5.41, 5.74) is 3.66. The van der Waals surface area contributed by atoms with Crippen molar-refractivity contribution in [2.45, 2.75) is 18.2 Å². The van der Waals surface area contributed by atoms with Gasteiger partial charge in [0.2, 0.25) is 0 Å². The molecule has 0 fully saturated rings. The highest BCUT2D eigenvalue weighted by atomic mass is 79.9. The van der Waals surface area contributed by atoms with Crippen LogP contribution in [0.1, 0.15) is 26.4 Å². The van der Waals surface area contributed by atoms with Gasteiger partial charge in [0.25, 0.3) is 0 Å². The van der Waals surface area contributed by atoms with Crippen LogP contribution in [0, 0.1) is 6.92 Å². The van der Waals surface area contributed by atoms with E-state index >= 15 is 0 Å². The maximum atomic E-state index is 6.20. The lowest BCUT2D eigenvalue weighted by Gasteiger charge is -2.14. The lowest BCUT2D eigenvalue weighted by atomic mass is 10.0. The molecule has 1 aliphatic heterocycles. The van der Waals surface area contributed by atoms with Gasteiger partial charge in [-0.3, -0.25) is 0 Å². The molecule has 2 aromatic rings. The zero-order valence-electron chi connectivity index (χ0n) is 9.87. The highest BCUT2D eigenvalue weighted by Gasteiger charge is 2.24. The molecule has 0 saturated heterocycles. The zero-order chi connectivity index (χ0) is 12.7. The van der Waals surface area contributed by atoms with Crippen LogP contribution in [0.2, 0.25) is 5.02 Å². The summed E-state index contributed by atoms with van der Waals surface area (Å²) in [5.74, 6) is 1.01. The van der Waals surface area contributed by atoms with E-state index in [0.29, 0.717) is 0 Å². The van der Waals surface area contributed by atoms with E-state index in [1.54, 1.807) is 11.3 Å². The van der Waals surface area contributed by atoms with Gasteiger partial charge in [-0.25, -0.2) is 0 Å². The summed E-state index contributed by atoms with van der Waals surface area (Å²) in [6.45, 7) is 2.89. The standard InChI is InChI=1S/C14H12BrClOS/c1-8-3-5-18-14(8)12(15)11-7-10(16)6-9-2-4-17-13(9)11/h3,5-7,12H,2,4H2,1H3. The molecule has 18 heavy (non-hydrogen) atoms. The van der Waals surface area contributed by atoms with E-state index in [2.05, 4.69) is 34.3 Å². The van der Waals surface area contributed by atoms with Crippen molar-refractivity contribution in [3.05, 3.63) is 50.2 Å².